The third-order valence-electron chi connectivity index (χ3n) is 4.71. The highest BCUT2D eigenvalue weighted by Gasteiger charge is 2.40. The maximum atomic E-state index is 13.7. The molecule has 3 heterocycles. The second-order valence-electron chi connectivity index (χ2n) is 6.20. The Morgan fingerprint density at radius 3 is 2.77 bits per heavy atom. The van der Waals surface area contributed by atoms with Crippen LogP contribution in [0.1, 0.15) is 30.4 Å². The minimum absolute atomic E-state index is 0.0272. The Balaban J connectivity index is 1.82. The number of nitrogens with one attached hydrogen (secondary N) is 1. The molecule has 0 saturated carbocycles. The average molecular weight is 366 g/mol. The summed E-state index contributed by atoms with van der Waals surface area (Å²) >= 11 is 5.57. The monoisotopic (exact) mass is 366 g/mol. The van der Waals surface area contributed by atoms with E-state index in [1.807, 2.05) is 41.1 Å². The molecule has 4 nitrogen and oxygen atoms in total. The first-order valence-electron chi connectivity index (χ1n) is 8.60. The van der Waals surface area contributed by atoms with Crippen LogP contribution >= 0.6 is 12.2 Å². The first-order valence-corrected chi connectivity index (χ1v) is 9.01. The summed E-state index contributed by atoms with van der Waals surface area (Å²) in [5.74, 6) is -0.254. The van der Waals surface area contributed by atoms with Crippen molar-refractivity contribution in [1.29, 1.82) is 0 Å². The SMILES string of the molecule is CCN1C(=S)N[C@@H](c2ccccn2)[C@@H]1c1cccn1-c1cccc(F)c1. The van der Waals surface area contributed by atoms with Gasteiger partial charge < -0.3 is 14.8 Å². The van der Waals surface area contributed by atoms with E-state index in [2.05, 4.69) is 28.2 Å². The van der Waals surface area contributed by atoms with Crippen molar-refractivity contribution in [1.82, 2.24) is 19.8 Å². The predicted octanol–water partition coefficient (Wildman–Crippen LogP) is 4.00. The molecular weight excluding hydrogens is 347 g/mol. The molecule has 0 spiro atoms. The van der Waals surface area contributed by atoms with Crippen LogP contribution in [0.5, 0.6) is 0 Å². The number of thiocarbonyl (C=S) groups is 1. The zero-order valence-corrected chi connectivity index (χ0v) is 15.2. The van der Waals surface area contributed by atoms with Crippen molar-refractivity contribution in [3.8, 4) is 5.69 Å². The molecule has 0 aliphatic carbocycles. The van der Waals surface area contributed by atoms with E-state index in [0.717, 1.165) is 23.6 Å². The van der Waals surface area contributed by atoms with E-state index in [9.17, 15) is 4.39 Å². The second-order valence-corrected chi connectivity index (χ2v) is 6.58. The summed E-state index contributed by atoms with van der Waals surface area (Å²) in [6.07, 6.45) is 3.74. The summed E-state index contributed by atoms with van der Waals surface area (Å²) in [6.45, 7) is 2.85. The molecule has 1 saturated heterocycles. The molecular formula is C20H19FN4S. The van der Waals surface area contributed by atoms with E-state index in [1.165, 1.54) is 12.1 Å². The van der Waals surface area contributed by atoms with Gasteiger partial charge in [-0.05, 0) is 61.6 Å². The number of halogens is 1. The lowest BCUT2D eigenvalue weighted by molar-refractivity contribution is 0.321. The quantitative estimate of drug-likeness (QED) is 0.708. The van der Waals surface area contributed by atoms with Crippen molar-refractivity contribution in [3.05, 3.63) is 84.2 Å². The first-order chi connectivity index (χ1) is 12.7. The van der Waals surface area contributed by atoms with Gasteiger partial charge in [-0.15, -0.1) is 0 Å². The summed E-state index contributed by atoms with van der Waals surface area (Å²) in [5.41, 5.74) is 2.77. The van der Waals surface area contributed by atoms with Gasteiger partial charge in [0.1, 0.15) is 5.82 Å². The molecule has 2 aromatic heterocycles. The highest BCUT2D eigenvalue weighted by atomic mass is 32.1. The molecule has 6 heteroatoms. The van der Waals surface area contributed by atoms with Gasteiger partial charge in [-0.1, -0.05) is 12.1 Å². The van der Waals surface area contributed by atoms with Crippen molar-refractivity contribution in [2.24, 2.45) is 0 Å². The molecule has 0 unspecified atom stereocenters. The normalized spacial score (nSPS) is 19.6. The van der Waals surface area contributed by atoms with Crippen LogP contribution in [0.25, 0.3) is 5.69 Å². The van der Waals surface area contributed by atoms with Crippen LogP contribution in [-0.4, -0.2) is 26.1 Å². The lowest BCUT2D eigenvalue weighted by Gasteiger charge is -2.27. The largest absolute Gasteiger partial charge is 0.352 e. The number of rotatable bonds is 4. The molecule has 1 aromatic carbocycles. The minimum Gasteiger partial charge on any atom is -0.352 e. The smallest absolute Gasteiger partial charge is 0.170 e. The molecule has 3 aromatic rings. The molecule has 1 fully saturated rings. The van der Waals surface area contributed by atoms with Gasteiger partial charge in [-0.2, -0.15) is 0 Å². The Bertz CT molecular complexity index is 924. The van der Waals surface area contributed by atoms with E-state index < -0.39 is 0 Å². The number of hydrogen-bond donors (Lipinski definition) is 1. The van der Waals surface area contributed by atoms with Gasteiger partial charge in [0, 0.05) is 30.3 Å². The van der Waals surface area contributed by atoms with Gasteiger partial charge in [-0.3, -0.25) is 4.98 Å². The van der Waals surface area contributed by atoms with E-state index >= 15 is 0 Å². The molecule has 1 aliphatic rings. The number of pyridine rings is 1. The minimum atomic E-state index is -0.254. The molecule has 1 N–H and O–H groups in total. The van der Waals surface area contributed by atoms with Crippen LogP contribution in [-0.2, 0) is 0 Å². The Morgan fingerprint density at radius 1 is 1.15 bits per heavy atom. The third kappa shape index (κ3) is 2.86. The van der Waals surface area contributed by atoms with Gasteiger partial charge >= 0.3 is 0 Å². The Morgan fingerprint density at radius 2 is 2.04 bits per heavy atom. The van der Waals surface area contributed by atoms with Gasteiger partial charge in [-0.25, -0.2) is 4.39 Å². The maximum Gasteiger partial charge on any atom is 0.170 e. The molecule has 0 bridgehead atoms. The van der Waals surface area contributed by atoms with Crippen molar-refractivity contribution < 1.29 is 4.39 Å². The highest BCUT2D eigenvalue weighted by Crippen LogP contribution is 2.39. The van der Waals surface area contributed by atoms with Crippen LogP contribution in [0.3, 0.4) is 0 Å². The predicted molar refractivity (Wildman–Crippen MR) is 104 cm³/mol. The number of hydrogen-bond acceptors (Lipinski definition) is 2. The summed E-state index contributed by atoms with van der Waals surface area (Å²) in [6, 6.07) is 16.4. The molecule has 0 radical (unpaired) electrons. The summed E-state index contributed by atoms with van der Waals surface area (Å²) in [5, 5.41) is 4.12. The fraction of sp³-hybridized carbons (Fsp3) is 0.200. The zero-order chi connectivity index (χ0) is 18.1. The van der Waals surface area contributed by atoms with Crippen LogP contribution in [0, 0.1) is 5.82 Å². The Hall–Kier alpha value is -2.73. The fourth-order valence-electron chi connectivity index (χ4n) is 3.56. The number of aromatic nitrogens is 2. The van der Waals surface area contributed by atoms with Crippen LogP contribution in [0.15, 0.2) is 67.0 Å². The van der Waals surface area contributed by atoms with Gasteiger partial charge in [0.2, 0.25) is 0 Å². The number of likely N-dealkylation sites (N-methyl/N-ethyl adjacent to an activating group) is 1. The molecule has 4 rings (SSSR count). The summed E-state index contributed by atoms with van der Waals surface area (Å²) < 4.78 is 15.8. The summed E-state index contributed by atoms with van der Waals surface area (Å²) in [7, 11) is 0. The van der Waals surface area contributed by atoms with Crippen molar-refractivity contribution >= 4 is 17.3 Å². The second kappa shape index (κ2) is 6.88. The number of nitrogens with zero attached hydrogens (tertiary/aromatic N) is 3. The Kier molecular flexibility index (Phi) is 4.42. The van der Waals surface area contributed by atoms with E-state index in [4.69, 9.17) is 12.2 Å². The Labute approximate surface area is 157 Å². The fourth-order valence-corrected chi connectivity index (χ4v) is 3.93. The average Bonchev–Trinajstić information content (AvgIpc) is 3.26. The third-order valence-corrected chi connectivity index (χ3v) is 5.06. The molecule has 132 valence electrons. The van der Waals surface area contributed by atoms with E-state index in [1.54, 1.807) is 12.3 Å². The van der Waals surface area contributed by atoms with Crippen molar-refractivity contribution in [3.63, 3.8) is 0 Å². The van der Waals surface area contributed by atoms with Crippen molar-refractivity contribution in [2.75, 3.05) is 6.54 Å². The maximum absolute atomic E-state index is 13.7. The topological polar surface area (TPSA) is 33.1 Å². The molecule has 26 heavy (non-hydrogen) atoms. The highest BCUT2D eigenvalue weighted by molar-refractivity contribution is 7.80. The van der Waals surface area contributed by atoms with Gasteiger partial charge in [0.25, 0.3) is 0 Å². The van der Waals surface area contributed by atoms with Crippen LogP contribution in [0.4, 0.5) is 4.39 Å². The van der Waals surface area contributed by atoms with Gasteiger partial charge in [0.05, 0.1) is 17.8 Å². The first kappa shape index (κ1) is 16.7. The van der Waals surface area contributed by atoms with Crippen molar-refractivity contribution in [2.45, 2.75) is 19.0 Å². The summed E-state index contributed by atoms with van der Waals surface area (Å²) in [4.78, 5) is 6.68. The lowest BCUT2D eigenvalue weighted by atomic mass is 10.0. The molecule has 0 amide bonds. The standard InChI is InChI=1S/C20H19FN4S/c1-2-24-19(18(23-20(24)26)16-9-3-4-11-22-16)17-10-6-12-25(17)15-8-5-7-14(21)13-15/h3-13,18-19H,2H2,1H3,(H,23,26)/t18-,19-/m0/s1. The van der Waals surface area contributed by atoms with Crippen LogP contribution in [0.2, 0.25) is 0 Å². The van der Waals surface area contributed by atoms with E-state index in [0.29, 0.717) is 5.11 Å². The zero-order valence-electron chi connectivity index (χ0n) is 14.3. The van der Waals surface area contributed by atoms with E-state index in [-0.39, 0.29) is 17.9 Å². The molecule has 2 atom stereocenters. The number of benzene rings is 1. The van der Waals surface area contributed by atoms with Crippen LogP contribution < -0.4 is 5.32 Å². The lowest BCUT2D eigenvalue weighted by Crippen LogP contribution is -2.30. The van der Waals surface area contributed by atoms with Gasteiger partial charge in [0.15, 0.2) is 5.11 Å². The molecule has 1 aliphatic heterocycles.